The van der Waals surface area contributed by atoms with Gasteiger partial charge in [-0.1, -0.05) is 42.1 Å². The Labute approximate surface area is 197 Å². The normalized spacial score (nSPS) is 10.6. The lowest BCUT2D eigenvalue weighted by molar-refractivity contribution is -0.113. The first kappa shape index (κ1) is 22.4. The fourth-order valence-corrected chi connectivity index (χ4v) is 4.04. The Morgan fingerprint density at radius 3 is 2.45 bits per heavy atom. The summed E-state index contributed by atoms with van der Waals surface area (Å²) >= 11 is 1.34. The number of methoxy groups -OCH3 is 1. The van der Waals surface area contributed by atoms with Crippen molar-refractivity contribution in [1.29, 1.82) is 0 Å². The summed E-state index contributed by atoms with van der Waals surface area (Å²) in [5.41, 5.74) is 3.63. The zero-order chi connectivity index (χ0) is 23.2. The molecular formula is C25H25N5O2S. The predicted octanol–water partition coefficient (Wildman–Crippen LogP) is 4.74. The van der Waals surface area contributed by atoms with Gasteiger partial charge in [-0.3, -0.25) is 9.36 Å². The Morgan fingerprint density at radius 1 is 1.00 bits per heavy atom. The Balaban J connectivity index is 1.55. The van der Waals surface area contributed by atoms with E-state index in [0.717, 1.165) is 28.4 Å². The van der Waals surface area contributed by atoms with Crippen LogP contribution < -0.4 is 15.0 Å². The maximum absolute atomic E-state index is 12.6. The average molecular weight is 460 g/mol. The van der Waals surface area contributed by atoms with Crippen molar-refractivity contribution < 1.29 is 9.53 Å². The molecule has 8 heteroatoms. The minimum atomic E-state index is -0.108. The van der Waals surface area contributed by atoms with Crippen molar-refractivity contribution in [3.63, 3.8) is 0 Å². The summed E-state index contributed by atoms with van der Waals surface area (Å²) in [5.74, 6) is 1.52. The van der Waals surface area contributed by atoms with Crippen LogP contribution >= 0.6 is 11.8 Å². The van der Waals surface area contributed by atoms with E-state index in [1.165, 1.54) is 11.8 Å². The second-order valence-corrected chi connectivity index (χ2v) is 8.43. The van der Waals surface area contributed by atoms with Gasteiger partial charge in [0.25, 0.3) is 0 Å². The number of hydrogen-bond donors (Lipinski definition) is 1. The van der Waals surface area contributed by atoms with E-state index in [4.69, 9.17) is 4.74 Å². The van der Waals surface area contributed by atoms with Crippen LogP contribution in [0.25, 0.3) is 17.1 Å². The van der Waals surface area contributed by atoms with Crippen molar-refractivity contribution in [1.82, 2.24) is 14.8 Å². The average Bonchev–Trinajstić information content (AvgIpc) is 3.28. The first-order valence-electron chi connectivity index (χ1n) is 10.4. The van der Waals surface area contributed by atoms with E-state index in [-0.39, 0.29) is 11.7 Å². The van der Waals surface area contributed by atoms with Crippen LogP contribution in [-0.4, -0.2) is 47.6 Å². The molecule has 0 aliphatic carbocycles. The third-order valence-corrected chi connectivity index (χ3v) is 5.90. The van der Waals surface area contributed by atoms with E-state index in [0.29, 0.717) is 11.0 Å². The first-order chi connectivity index (χ1) is 16.0. The number of nitrogens with one attached hydrogen (secondary N) is 1. The number of ether oxygens (including phenoxy) is 1. The molecule has 1 amide bonds. The van der Waals surface area contributed by atoms with Crippen LogP contribution in [0.4, 0.5) is 11.4 Å². The van der Waals surface area contributed by atoms with Gasteiger partial charge in [0, 0.05) is 36.7 Å². The minimum Gasteiger partial charge on any atom is -0.497 e. The minimum absolute atomic E-state index is 0.108. The number of amides is 1. The summed E-state index contributed by atoms with van der Waals surface area (Å²) in [6.45, 7) is 0. The highest BCUT2D eigenvalue weighted by Crippen LogP contribution is 2.29. The van der Waals surface area contributed by atoms with E-state index in [2.05, 4.69) is 15.5 Å². The molecule has 0 aliphatic heterocycles. The number of carbonyl (C=O) groups excluding carboxylic acids is 1. The molecular weight excluding hydrogens is 434 g/mol. The van der Waals surface area contributed by atoms with Gasteiger partial charge in [-0.2, -0.15) is 0 Å². The summed E-state index contributed by atoms with van der Waals surface area (Å²) in [6, 6.07) is 25.3. The lowest BCUT2D eigenvalue weighted by atomic mass is 10.2. The van der Waals surface area contributed by atoms with Crippen molar-refractivity contribution >= 4 is 29.0 Å². The summed E-state index contributed by atoms with van der Waals surface area (Å²) < 4.78 is 7.32. The van der Waals surface area contributed by atoms with Crippen LogP contribution in [0.5, 0.6) is 5.75 Å². The van der Waals surface area contributed by atoms with Crippen LogP contribution in [0.2, 0.25) is 0 Å². The Morgan fingerprint density at radius 2 is 1.76 bits per heavy atom. The van der Waals surface area contributed by atoms with E-state index < -0.39 is 0 Å². The van der Waals surface area contributed by atoms with E-state index in [1.807, 2.05) is 102 Å². The summed E-state index contributed by atoms with van der Waals surface area (Å²) in [5, 5.41) is 12.4. The van der Waals surface area contributed by atoms with Crippen molar-refractivity contribution in [2.24, 2.45) is 0 Å². The molecule has 3 aromatic carbocycles. The predicted molar refractivity (Wildman–Crippen MR) is 133 cm³/mol. The molecule has 0 fully saturated rings. The van der Waals surface area contributed by atoms with Gasteiger partial charge >= 0.3 is 0 Å². The van der Waals surface area contributed by atoms with Gasteiger partial charge in [0.15, 0.2) is 11.0 Å². The first-order valence-corrected chi connectivity index (χ1v) is 11.4. The van der Waals surface area contributed by atoms with Crippen LogP contribution in [-0.2, 0) is 4.79 Å². The molecule has 7 nitrogen and oxygen atoms in total. The zero-order valence-corrected chi connectivity index (χ0v) is 19.5. The number of rotatable bonds is 8. The molecule has 0 spiro atoms. The number of aromatic nitrogens is 3. The summed E-state index contributed by atoms with van der Waals surface area (Å²) in [4.78, 5) is 14.6. The highest BCUT2D eigenvalue weighted by atomic mass is 32.2. The second kappa shape index (κ2) is 10.2. The van der Waals surface area contributed by atoms with Gasteiger partial charge in [-0.15, -0.1) is 10.2 Å². The monoisotopic (exact) mass is 459 g/mol. The van der Waals surface area contributed by atoms with Gasteiger partial charge < -0.3 is 15.0 Å². The number of anilines is 2. The molecule has 0 saturated heterocycles. The SMILES string of the molecule is COc1cccc(-c2nnc(SCC(=O)Nc3ccc(N(C)C)cc3)n2-c2ccccc2)c1. The maximum Gasteiger partial charge on any atom is 0.234 e. The fourth-order valence-electron chi connectivity index (χ4n) is 3.29. The molecule has 33 heavy (non-hydrogen) atoms. The van der Waals surface area contributed by atoms with Gasteiger partial charge in [0.2, 0.25) is 5.91 Å². The molecule has 1 heterocycles. The van der Waals surface area contributed by atoms with Crippen LogP contribution in [0.1, 0.15) is 0 Å². The topological polar surface area (TPSA) is 72.3 Å². The third-order valence-electron chi connectivity index (χ3n) is 4.98. The standard InChI is InChI=1S/C25H25N5O2S/c1-29(2)20-14-12-19(13-15-20)26-23(31)17-33-25-28-27-24(18-8-7-11-22(16-18)32-3)30(25)21-9-5-4-6-10-21/h4-16H,17H2,1-3H3,(H,26,31). The zero-order valence-electron chi connectivity index (χ0n) is 18.7. The van der Waals surface area contributed by atoms with E-state index in [1.54, 1.807) is 7.11 Å². The molecule has 0 unspecified atom stereocenters. The number of thioether (sulfide) groups is 1. The molecule has 0 atom stereocenters. The van der Waals surface area contributed by atoms with Gasteiger partial charge in [0.05, 0.1) is 12.9 Å². The molecule has 0 aliphatic rings. The molecule has 0 radical (unpaired) electrons. The smallest absolute Gasteiger partial charge is 0.234 e. The molecule has 0 bridgehead atoms. The van der Waals surface area contributed by atoms with Gasteiger partial charge in [0.1, 0.15) is 5.75 Å². The van der Waals surface area contributed by atoms with E-state index in [9.17, 15) is 4.79 Å². The largest absolute Gasteiger partial charge is 0.497 e. The Bertz CT molecular complexity index is 1220. The number of hydrogen-bond acceptors (Lipinski definition) is 6. The summed E-state index contributed by atoms with van der Waals surface area (Å²) in [7, 11) is 5.59. The van der Waals surface area contributed by atoms with Crippen LogP contribution in [0.15, 0.2) is 84.0 Å². The highest BCUT2D eigenvalue weighted by Gasteiger charge is 2.17. The Hall–Kier alpha value is -3.78. The van der Waals surface area contributed by atoms with Crippen LogP contribution in [0.3, 0.4) is 0 Å². The van der Waals surface area contributed by atoms with Gasteiger partial charge in [-0.25, -0.2) is 0 Å². The highest BCUT2D eigenvalue weighted by molar-refractivity contribution is 7.99. The Kier molecular flexibility index (Phi) is 6.95. The van der Waals surface area contributed by atoms with Gasteiger partial charge in [-0.05, 0) is 48.5 Å². The maximum atomic E-state index is 12.6. The number of para-hydroxylation sites is 1. The van der Waals surface area contributed by atoms with Crippen molar-refractivity contribution in [2.75, 3.05) is 37.2 Å². The molecule has 0 saturated carbocycles. The van der Waals surface area contributed by atoms with E-state index >= 15 is 0 Å². The van der Waals surface area contributed by atoms with Crippen molar-refractivity contribution in [3.8, 4) is 22.8 Å². The molecule has 4 aromatic rings. The number of benzene rings is 3. The molecule has 1 aromatic heterocycles. The lowest BCUT2D eigenvalue weighted by Gasteiger charge is -2.13. The number of nitrogens with zero attached hydrogens (tertiary/aromatic N) is 4. The van der Waals surface area contributed by atoms with Crippen molar-refractivity contribution in [3.05, 3.63) is 78.9 Å². The van der Waals surface area contributed by atoms with Crippen LogP contribution in [0, 0.1) is 0 Å². The summed E-state index contributed by atoms with van der Waals surface area (Å²) in [6.07, 6.45) is 0. The molecule has 4 rings (SSSR count). The molecule has 1 N–H and O–H groups in total. The van der Waals surface area contributed by atoms with Crippen molar-refractivity contribution in [2.45, 2.75) is 5.16 Å². The quantitative estimate of drug-likeness (QED) is 0.384. The molecule has 168 valence electrons. The fraction of sp³-hybridized carbons (Fsp3) is 0.160. The second-order valence-electron chi connectivity index (χ2n) is 7.49. The number of carbonyl (C=O) groups is 1. The third kappa shape index (κ3) is 5.35. The lowest BCUT2D eigenvalue weighted by Crippen LogP contribution is -2.15.